The molecule has 0 saturated heterocycles. The first kappa shape index (κ1) is 30.6. The van der Waals surface area contributed by atoms with Gasteiger partial charge in [0.2, 0.25) is 5.91 Å². The Labute approximate surface area is 246 Å². The summed E-state index contributed by atoms with van der Waals surface area (Å²) >= 11 is 0. The van der Waals surface area contributed by atoms with Gasteiger partial charge in [-0.2, -0.15) is 5.10 Å². The van der Waals surface area contributed by atoms with Crippen molar-refractivity contribution in [1.29, 1.82) is 0 Å². The van der Waals surface area contributed by atoms with Gasteiger partial charge < -0.3 is 25.4 Å². The molecule has 2 heterocycles. The van der Waals surface area contributed by atoms with Crippen LogP contribution in [-0.2, 0) is 22.7 Å². The topological polar surface area (TPSA) is 129 Å². The number of phenolic OH excluding ortho intramolecular Hbond substituents is 1. The fourth-order valence-corrected chi connectivity index (χ4v) is 4.97. The van der Waals surface area contributed by atoms with Crippen molar-refractivity contribution < 1.29 is 24.2 Å². The predicted molar refractivity (Wildman–Crippen MR) is 158 cm³/mol. The molecule has 0 fully saturated rings. The summed E-state index contributed by atoms with van der Waals surface area (Å²) in [5, 5.41) is 20.1. The van der Waals surface area contributed by atoms with Gasteiger partial charge in [-0.15, -0.1) is 0 Å². The number of aromatic hydroxyl groups is 1. The number of carbonyl (C=O) groups is 3. The van der Waals surface area contributed by atoms with Gasteiger partial charge in [-0.25, -0.2) is 0 Å². The number of amides is 3. The van der Waals surface area contributed by atoms with Crippen LogP contribution < -0.4 is 15.4 Å². The summed E-state index contributed by atoms with van der Waals surface area (Å²) in [6.45, 7) is 5.33. The van der Waals surface area contributed by atoms with Crippen LogP contribution in [0.4, 0.5) is 0 Å². The van der Waals surface area contributed by atoms with Crippen molar-refractivity contribution in [3.05, 3.63) is 77.6 Å². The van der Waals surface area contributed by atoms with Crippen molar-refractivity contribution in [1.82, 2.24) is 30.2 Å². The number of aromatic nitrogens is 2. The Bertz CT molecular complexity index is 1350. The molecule has 0 spiro atoms. The zero-order valence-electron chi connectivity index (χ0n) is 24.3. The highest BCUT2D eigenvalue weighted by Gasteiger charge is 2.20. The Morgan fingerprint density at radius 2 is 1.71 bits per heavy atom. The first-order valence-electron chi connectivity index (χ1n) is 14.3. The molecular formula is C31H40N6O5. The van der Waals surface area contributed by atoms with Crippen molar-refractivity contribution in [3.8, 4) is 11.5 Å². The zero-order valence-corrected chi connectivity index (χ0v) is 24.3. The molecule has 3 aromatic rings. The third-order valence-corrected chi connectivity index (χ3v) is 7.21. The number of nitrogens with one attached hydrogen (secondary N) is 2. The number of phenols is 1. The van der Waals surface area contributed by atoms with Crippen molar-refractivity contribution in [2.45, 2.75) is 45.3 Å². The van der Waals surface area contributed by atoms with E-state index < -0.39 is 11.9 Å². The highest BCUT2D eigenvalue weighted by molar-refractivity contribution is 5.95. The highest BCUT2D eigenvalue weighted by atomic mass is 16.5. The largest absolute Gasteiger partial charge is 0.508 e. The molecule has 1 aromatic heterocycles. The normalized spacial score (nSPS) is 18.6. The SMILES string of the molecule is C[C@@H]1NC(=O)COc2cc(O)cc(c2)C(=O)NCCCN(Cc2ccccc2Cn2cccn2)CCCCN(C)C1=O. The molecule has 11 heteroatoms. The Balaban J connectivity index is 1.47. The molecule has 0 radical (unpaired) electrons. The second-order valence-corrected chi connectivity index (χ2v) is 10.6. The fraction of sp³-hybridized carbons (Fsp3) is 0.419. The molecule has 1 atom stereocenters. The van der Waals surface area contributed by atoms with E-state index >= 15 is 0 Å². The Morgan fingerprint density at radius 3 is 2.48 bits per heavy atom. The first-order chi connectivity index (χ1) is 20.3. The second kappa shape index (κ2) is 15.0. The van der Waals surface area contributed by atoms with Crippen LogP contribution in [0.25, 0.3) is 0 Å². The number of likely N-dealkylation sites (N-methyl/N-ethyl adjacent to an activating group) is 1. The molecular weight excluding hydrogens is 536 g/mol. The lowest BCUT2D eigenvalue weighted by atomic mass is 10.1. The number of rotatable bonds is 4. The molecule has 3 N–H and O–H groups in total. The first-order valence-corrected chi connectivity index (χ1v) is 14.3. The summed E-state index contributed by atoms with van der Waals surface area (Å²) in [6, 6.07) is 13.7. The molecule has 11 nitrogen and oxygen atoms in total. The van der Waals surface area contributed by atoms with E-state index in [1.807, 2.05) is 29.1 Å². The molecule has 3 amide bonds. The minimum Gasteiger partial charge on any atom is -0.508 e. The van der Waals surface area contributed by atoms with Crippen LogP contribution in [0.3, 0.4) is 0 Å². The Morgan fingerprint density at radius 1 is 0.976 bits per heavy atom. The number of fused-ring (bicyclic) bond motifs is 2. The maximum atomic E-state index is 12.8. The minimum atomic E-state index is -0.718. The van der Waals surface area contributed by atoms with E-state index in [2.05, 4.69) is 32.8 Å². The molecule has 4 rings (SSSR count). The molecule has 0 unspecified atom stereocenters. The Kier molecular flexibility index (Phi) is 10.9. The summed E-state index contributed by atoms with van der Waals surface area (Å²) in [6.07, 6.45) is 6.14. The van der Waals surface area contributed by atoms with Crippen molar-refractivity contribution >= 4 is 17.7 Å². The van der Waals surface area contributed by atoms with Crippen LogP contribution >= 0.6 is 0 Å². The number of nitrogens with zero attached hydrogens (tertiary/aromatic N) is 4. The fourth-order valence-electron chi connectivity index (χ4n) is 4.97. The summed E-state index contributed by atoms with van der Waals surface area (Å²) in [5.41, 5.74) is 2.65. The van der Waals surface area contributed by atoms with Crippen molar-refractivity contribution in [2.75, 3.05) is 39.8 Å². The molecule has 0 aliphatic carbocycles. The monoisotopic (exact) mass is 576 g/mol. The smallest absolute Gasteiger partial charge is 0.258 e. The molecule has 0 saturated carbocycles. The van der Waals surface area contributed by atoms with Gasteiger partial charge in [-0.05, 0) is 62.1 Å². The maximum Gasteiger partial charge on any atom is 0.258 e. The van der Waals surface area contributed by atoms with Crippen LogP contribution in [0.15, 0.2) is 60.9 Å². The molecule has 224 valence electrons. The number of carbonyl (C=O) groups excluding carboxylic acids is 3. The van der Waals surface area contributed by atoms with E-state index in [-0.39, 0.29) is 35.5 Å². The molecule has 1 aliphatic heterocycles. The third kappa shape index (κ3) is 9.07. The molecule has 1 aliphatic rings. The van der Waals surface area contributed by atoms with E-state index in [1.54, 1.807) is 25.1 Å². The average molecular weight is 577 g/mol. The highest BCUT2D eigenvalue weighted by Crippen LogP contribution is 2.22. The van der Waals surface area contributed by atoms with E-state index in [4.69, 9.17) is 4.74 Å². The zero-order chi connectivity index (χ0) is 29.9. The summed E-state index contributed by atoms with van der Waals surface area (Å²) in [4.78, 5) is 42.1. The Hall–Kier alpha value is -4.38. The summed E-state index contributed by atoms with van der Waals surface area (Å²) in [7, 11) is 1.74. The molecule has 2 aromatic carbocycles. The van der Waals surface area contributed by atoms with Gasteiger partial charge in [0.25, 0.3) is 11.8 Å². The lowest BCUT2D eigenvalue weighted by Crippen LogP contribution is -2.47. The minimum absolute atomic E-state index is 0.148. The summed E-state index contributed by atoms with van der Waals surface area (Å²) < 4.78 is 7.41. The van der Waals surface area contributed by atoms with Gasteiger partial charge in [0, 0.05) is 57.3 Å². The third-order valence-electron chi connectivity index (χ3n) is 7.21. The van der Waals surface area contributed by atoms with Crippen LogP contribution in [-0.4, -0.2) is 88.3 Å². The van der Waals surface area contributed by atoms with Crippen LogP contribution in [0.2, 0.25) is 0 Å². The van der Waals surface area contributed by atoms with Gasteiger partial charge >= 0.3 is 0 Å². The quantitative estimate of drug-likeness (QED) is 0.435. The van der Waals surface area contributed by atoms with Crippen molar-refractivity contribution in [3.63, 3.8) is 0 Å². The van der Waals surface area contributed by atoms with E-state index in [1.165, 1.54) is 29.3 Å². The second-order valence-electron chi connectivity index (χ2n) is 10.6. The van der Waals surface area contributed by atoms with Crippen LogP contribution in [0.5, 0.6) is 11.5 Å². The lowest BCUT2D eigenvalue weighted by Gasteiger charge is -2.25. The number of ether oxygens (including phenoxy) is 1. The van der Waals surface area contributed by atoms with Gasteiger partial charge in [0.1, 0.15) is 17.5 Å². The number of hydrogen-bond acceptors (Lipinski definition) is 7. The van der Waals surface area contributed by atoms with E-state index in [0.717, 1.165) is 38.9 Å². The van der Waals surface area contributed by atoms with E-state index in [0.29, 0.717) is 19.6 Å². The standard InChI is InChI=1S/C31H40N6O5/c1-23-31(41)35(2)13-5-6-14-36(20-24-9-3-4-10-25(24)21-37-16-8-12-33-37)15-7-11-32-30(40)26-17-27(38)19-28(18-26)42-22-29(39)34-23/h3-4,8-10,12,16-19,23,38H,5-7,11,13-15,20-22H2,1-2H3,(H,32,40)(H,34,39)/t23-/m0/s1. The molecule has 2 bridgehead atoms. The summed E-state index contributed by atoms with van der Waals surface area (Å²) in [5.74, 6) is -0.964. The average Bonchev–Trinajstić information content (AvgIpc) is 3.49. The van der Waals surface area contributed by atoms with Gasteiger partial charge in [0.15, 0.2) is 6.61 Å². The number of benzene rings is 2. The van der Waals surface area contributed by atoms with Crippen LogP contribution in [0.1, 0.15) is 47.7 Å². The van der Waals surface area contributed by atoms with Gasteiger partial charge in [-0.3, -0.25) is 24.0 Å². The van der Waals surface area contributed by atoms with E-state index in [9.17, 15) is 19.5 Å². The number of hydrogen-bond donors (Lipinski definition) is 3. The predicted octanol–water partition coefficient (Wildman–Crippen LogP) is 2.39. The van der Waals surface area contributed by atoms with Gasteiger partial charge in [0.05, 0.1) is 6.54 Å². The lowest BCUT2D eigenvalue weighted by molar-refractivity contribution is -0.135. The van der Waals surface area contributed by atoms with Crippen molar-refractivity contribution in [2.24, 2.45) is 0 Å². The van der Waals surface area contributed by atoms with Gasteiger partial charge in [-0.1, -0.05) is 24.3 Å². The van der Waals surface area contributed by atoms with Crippen LogP contribution in [0, 0.1) is 0 Å². The maximum absolute atomic E-state index is 12.8. The molecule has 42 heavy (non-hydrogen) atoms.